The molecule has 0 saturated carbocycles. The minimum Gasteiger partial charge on any atom is -0.322 e. The van der Waals surface area contributed by atoms with Crippen molar-refractivity contribution in [1.82, 2.24) is 24.5 Å². The maximum absolute atomic E-state index is 12.6. The van der Waals surface area contributed by atoms with E-state index in [-0.39, 0.29) is 11.7 Å². The Bertz CT molecular complexity index is 1180. The first-order valence-corrected chi connectivity index (χ1v) is 11.3. The van der Waals surface area contributed by atoms with Crippen molar-refractivity contribution in [2.24, 2.45) is 7.05 Å². The van der Waals surface area contributed by atoms with Crippen molar-refractivity contribution >= 4 is 34.7 Å². The number of thiophene rings is 1. The molecule has 4 rings (SSSR count). The highest BCUT2D eigenvalue weighted by atomic mass is 32.2. The van der Waals surface area contributed by atoms with E-state index in [2.05, 4.69) is 27.5 Å². The Morgan fingerprint density at radius 3 is 2.60 bits per heavy atom. The zero-order valence-electron chi connectivity index (χ0n) is 17.2. The highest BCUT2D eigenvalue weighted by Crippen LogP contribution is 2.27. The van der Waals surface area contributed by atoms with E-state index in [1.165, 1.54) is 17.3 Å². The lowest BCUT2D eigenvalue weighted by atomic mass is 10.2. The maximum Gasteiger partial charge on any atom is 0.234 e. The lowest BCUT2D eigenvalue weighted by molar-refractivity contribution is -0.113. The molecule has 0 unspecified atom stereocenters. The van der Waals surface area contributed by atoms with Crippen molar-refractivity contribution in [2.45, 2.75) is 25.9 Å². The van der Waals surface area contributed by atoms with Crippen LogP contribution in [0, 0.1) is 20.8 Å². The number of thioether (sulfide) groups is 1. The summed E-state index contributed by atoms with van der Waals surface area (Å²) in [4.78, 5) is 13.7. The third kappa shape index (κ3) is 4.03. The predicted octanol–water partition coefficient (Wildman–Crippen LogP) is 4.39. The standard InChI is InChI=1S/C21H22N6OS2/c1-13-7-9-16(10-8-13)27-15(3)19(14(2)25-27)22-18(28)12-30-21-24-23-20(26(21)4)17-6-5-11-29-17/h5-11H,12H2,1-4H3,(H,22,28). The number of rotatable bonds is 6. The van der Waals surface area contributed by atoms with Gasteiger partial charge in [-0.25, -0.2) is 4.68 Å². The molecule has 30 heavy (non-hydrogen) atoms. The Labute approximate surface area is 183 Å². The van der Waals surface area contributed by atoms with Crippen LogP contribution in [-0.4, -0.2) is 36.2 Å². The second-order valence-electron chi connectivity index (χ2n) is 6.97. The van der Waals surface area contributed by atoms with Crippen LogP contribution < -0.4 is 5.32 Å². The highest BCUT2D eigenvalue weighted by Gasteiger charge is 2.17. The minimum atomic E-state index is -0.102. The SMILES string of the molecule is Cc1ccc(-n2nc(C)c(NC(=O)CSc3nnc(-c4cccs4)n3C)c2C)cc1. The van der Waals surface area contributed by atoms with Gasteiger partial charge in [-0.1, -0.05) is 35.5 Å². The van der Waals surface area contributed by atoms with Gasteiger partial charge in [0.05, 0.1) is 33.4 Å². The molecule has 0 aliphatic rings. The normalized spacial score (nSPS) is 11.1. The third-order valence-corrected chi connectivity index (χ3v) is 6.63. The molecule has 3 aromatic heterocycles. The van der Waals surface area contributed by atoms with Gasteiger partial charge in [-0.3, -0.25) is 4.79 Å². The van der Waals surface area contributed by atoms with E-state index in [9.17, 15) is 4.79 Å². The Morgan fingerprint density at radius 1 is 1.13 bits per heavy atom. The van der Waals surface area contributed by atoms with Gasteiger partial charge in [-0.2, -0.15) is 5.10 Å². The lowest BCUT2D eigenvalue weighted by Gasteiger charge is -2.07. The second kappa shape index (κ2) is 8.45. The number of carbonyl (C=O) groups is 1. The first-order chi connectivity index (χ1) is 14.4. The first-order valence-electron chi connectivity index (χ1n) is 9.43. The topological polar surface area (TPSA) is 77.6 Å². The van der Waals surface area contributed by atoms with E-state index in [1.54, 1.807) is 11.3 Å². The summed E-state index contributed by atoms with van der Waals surface area (Å²) in [5, 5.41) is 18.8. The smallest absolute Gasteiger partial charge is 0.234 e. The highest BCUT2D eigenvalue weighted by molar-refractivity contribution is 7.99. The molecule has 9 heteroatoms. The van der Waals surface area contributed by atoms with Crippen molar-refractivity contribution in [3.05, 3.63) is 58.7 Å². The minimum absolute atomic E-state index is 0.102. The number of aromatic nitrogens is 5. The van der Waals surface area contributed by atoms with Crippen LogP contribution in [0.4, 0.5) is 5.69 Å². The number of hydrogen-bond donors (Lipinski definition) is 1. The summed E-state index contributed by atoms with van der Waals surface area (Å²) in [5.41, 5.74) is 4.59. The molecule has 0 fully saturated rings. The summed E-state index contributed by atoms with van der Waals surface area (Å²) in [6, 6.07) is 12.1. The largest absolute Gasteiger partial charge is 0.322 e. The van der Waals surface area contributed by atoms with Crippen molar-refractivity contribution in [2.75, 3.05) is 11.1 Å². The van der Waals surface area contributed by atoms with E-state index in [1.807, 2.05) is 71.9 Å². The molecular weight excluding hydrogens is 416 g/mol. The van der Waals surface area contributed by atoms with Crippen LogP contribution in [0.5, 0.6) is 0 Å². The van der Waals surface area contributed by atoms with Crippen LogP contribution in [0.1, 0.15) is 17.0 Å². The molecule has 0 spiro atoms. The Kier molecular flexibility index (Phi) is 5.74. The summed E-state index contributed by atoms with van der Waals surface area (Å²) in [5.74, 6) is 0.944. The van der Waals surface area contributed by atoms with Gasteiger partial charge in [-0.05, 0) is 44.4 Å². The molecule has 3 heterocycles. The Hall–Kier alpha value is -2.91. The third-order valence-electron chi connectivity index (χ3n) is 4.74. The number of aryl methyl sites for hydroxylation is 2. The molecule has 0 atom stereocenters. The van der Waals surface area contributed by atoms with Crippen molar-refractivity contribution in [3.63, 3.8) is 0 Å². The summed E-state index contributed by atoms with van der Waals surface area (Å²) in [6.07, 6.45) is 0. The molecule has 4 aromatic rings. The molecule has 1 aromatic carbocycles. The molecule has 0 aliphatic carbocycles. The number of carbonyl (C=O) groups excluding carboxylic acids is 1. The molecule has 7 nitrogen and oxygen atoms in total. The quantitative estimate of drug-likeness (QED) is 0.452. The number of amides is 1. The zero-order chi connectivity index (χ0) is 21.3. The summed E-state index contributed by atoms with van der Waals surface area (Å²) in [6.45, 7) is 5.91. The van der Waals surface area contributed by atoms with Gasteiger partial charge in [0.1, 0.15) is 0 Å². The van der Waals surface area contributed by atoms with E-state index in [0.717, 1.165) is 33.5 Å². The molecule has 0 radical (unpaired) electrons. The molecule has 0 aliphatic heterocycles. The summed E-state index contributed by atoms with van der Waals surface area (Å²) in [7, 11) is 1.91. The van der Waals surface area contributed by atoms with E-state index in [4.69, 9.17) is 0 Å². The summed E-state index contributed by atoms with van der Waals surface area (Å²) < 4.78 is 3.77. The van der Waals surface area contributed by atoms with Gasteiger partial charge in [0, 0.05) is 7.05 Å². The Morgan fingerprint density at radius 2 is 1.90 bits per heavy atom. The van der Waals surface area contributed by atoms with Crippen LogP contribution in [0.25, 0.3) is 16.4 Å². The summed E-state index contributed by atoms with van der Waals surface area (Å²) >= 11 is 2.98. The average Bonchev–Trinajstić information content (AvgIpc) is 3.44. The fourth-order valence-corrected chi connectivity index (χ4v) is 4.58. The monoisotopic (exact) mass is 438 g/mol. The fraction of sp³-hybridized carbons (Fsp3) is 0.238. The number of nitrogens with zero attached hydrogens (tertiary/aromatic N) is 5. The van der Waals surface area contributed by atoms with Gasteiger partial charge in [0.15, 0.2) is 11.0 Å². The van der Waals surface area contributed by atoms with E-state index < -0.39 is 0 Å². The van der Waals surface area contributed by atoms with Crippen molar-refractivity contribution in [3.8, 4) is 16.4 Å². The van der Waals surface area contributed by atoms with Crippen molar-refractivity contribution in [1.29, 1.82) is 0 Å². The van der Waals surface area contributed by atoms with Crippen LogP contribution in [0.2, 0.25) is 0 Å². The number of nitrogens with one attached hydrogen (secondary N) is 1. The molecule has 0 bridgehead atoms. The molecule has 1 amide bonds. The zero-order valence-corrected chi connectivity index (χ0v) is 18.8. The fourth-order valence-electron chi connectivity index (χ4n) is 3.13. The molecular formula is C21H22N6OS2. The Balaban J connectivity index is 1.44. The van der Waals surface area contributed by atoms with Gasteiger partial charge in [0.25, 0.3) is 0 Å². The second-order valence-corrected chi connectivity index (χ2v) is 8.86. The average molecular weight is 439 g/mol. The van der Waals surface area contributed by atoms with Gasteiger partial charge < -0.3 is 9.88 Å². The number of benzene rings is 1. The van der Waals surface area contributed by atoms with Gasteiger partial charge in [-0.15, -0.1) is 21.5 Å². The van der Waals surface area contributed by atoms with Gasteiger partial charge in [0.2, 0.25) is 5.91 Å². The number of hydrogen-bond acceptors (Lipinski definition) is 6. The predicted molar refractivity (Wildman–Crippen MR) is 121 cm³/mol. The van der Waals surface area contributed by atoms with Crippen LogP contribution >= 0.6 is 23.1 Å². The molecule has 1 N–H and O–H groups in total. The lowest BCUT2D eigenvalue weighted by Crippen LogP contribution is -2.15. The van der Waals surface area contributed by atoms with Gasteiger partial charge >= 0.3 is 0 Å². The first kappa shape index (κ1) is 20.4. The van der Waals surface area contributed by atoms with Crippen molar-refractivity contribution < 1.29 is 4.79 Å². The van der Waals surface area contributed by atoms with Crippen LogP contribution in [0.3, 0.4) is 0 Å². The van der Waals surface area contributed by atoms with Crippen LogP contribution in [-0.2, 0) is 11.8 Å². The van der Waals surface area contributed by atoms with E-state index in [0.29, 0.717) is 5.16 Å². The van der Waals surface area contributed by atoms with Crippen LogP contribution in [0.15, 0.2) is 46.9 Å². The maximum atomic E-state index is 12.6. The number of anilines is 1. The molecule has 0 saturated heterocycles. The van der Waals surface area contributed by atoms with E-state index >= 15 is 0 Å². The molecule has 154 valence electrons.